The van der Waals surface area contributed by atoms with E-state index in [9.17, 15) is 13.2 Å². The topological polar surface area (TPSA) is 75.7 Å². The Morgan fingerprint density at radius 2 is 1.69 bits per heavy atom. The molecular formula is C22H28N2O4S. The second-order valence-electron chi connectivity index (χ2n) is 7.95. The van der Waals surface area contributed by atoms with E-state index in [1.165, 1.54) is 12.1 Å². The average molecular weight is 417 g/mol. The van der Waals surface area contributed by atoms with E-state index in [2.05, 4.69) is 19.2 Å². The van der Waals surface area contributed by atoms with Crippen LogP contribution in [0.4, 0.5) is 5.69 Å². The summed E-state index contributed by atoms with van der Waals surface area (Å²) in [4.78, 5) is 12.8. The van der Waals surface area contributed by atoms with Gasteiger partial charge >= 0.3 is 0 Å². The lowest BCUT2D eigenvalue weighted by atomic mass is 9.94. The fraction of sp³-hybridized carbons (Fsp3) is 0.409. The Hall–Kier alpha value is -2.38. The Kier molecular flexibility index (Phi) is 6.29. The summed E-state index contributed by atoms with van der Waals surface area (Å²) in [6, 6.07) is 11.6. The number of nitrogens with zero attached hydrogens (tertiary/aromatic N) is 1. The lowest BCUT2D eigenvalue weighted by molar-refractivity contribution is 0.102. The zero-order chi connectivity index (χ0) is 21.2. The normalized spacial score (nSPS) is 20.3. The average Bonchev–Trinajstić information content (AvgIpc) is 2.67. The van der Waals surface area contributed by atoms with Crippen molar-refractivity contribution in [3.63, 3.8) is 0 Å². The molecule has 156 valence electrons. The highest BCUT2D eigenvalue weighted by atomic mass is 32.2. The van der Waals surface area contributed by atoms with Gasteiger partial charge in [-0.05, 0) is 67.1 Å². The minimum Gasteiger partial charge on any atom is -0.495 e. The Balaban J connectivity index is 1.78. The predicted octanol–water partition coefficient (Wildman–Crippen LogP) is 3.92. The Morgan fingerprint density at radius 3 is 2.28 bits per heavy atom. The molecular weight excluding hydrogens is 388 g/mol. The van der Waals surface area contributed by atoms with Crippen LogP contribution in [-0.2, 0) is 10.0 Å². The first-order valence-electron chi connectivity index (χ1n) is 9.77. The van der Waals surface area contributed by atoms with Gasteiger partial charge in [0.15, 0.2) is 0 Å². The maximum atomic E-state index is 13.0. The number of hydrogen-bond acceptors (Lipinski definition) is 4. The number of aryl methyl sites for hydroxylation is 1. The van der Waals surface area contributed by atoms with E-state index in [-0.39, 0.29) is 10.8 Å². The number of nitrogens with one attached hydrogen (secondary N) is 1. The molecule has 1 aliphatic rings. The first-order chi connectivity index (χ1) is 13.7. The minimum absolute atomic E-state index is 0.212. The fourth-order valence-electron chi connectivity index (χ4n) is 3.84. The summed E-state index contributed by atoms with van der Waals surface area (Å²) >= 11 is 0. The van der Waals surface area contributed by atoms with Gasteiger partial charge in [0.1, 0.15) is 5.75 Å². The maximum absolute atomic E-state index is 13.0. The van der Waals surface area contributed by atoms with Crippen molar-refractivity contribution in [3.05, 3.63) is 53.6 Å². The molecule has 7 heteroatoms. The molecule has 1 saturated heterocycles. The maximum Gasteiger partial charge on any atom is 0.255 e. The first-order valence-corrected chi connectivity index (χ1v) is 11.2. The third-order valence-corrected chi connectivity index (χ3v) is 7.04. The molecule has 2 unspecified atom stereocenters. The van der Waals surface area contributed by atoms with Gasteiger partial charge in [0.25, 0.3) is 5.91 Å². The van der Waals surface area contributed by atoms with Crippen molar-refractivity contribution in [2.24, 2.45) is 11.8 Å². The van der Waals surface area contributed by atoms with E-state index >= 15 is 0 Å². The molecule has 0 saturated carbocycles. The number of benzene rings is 2. The van der Waals surface area contributed by atoms with Crippen molar-refractivity contribution in [3.8, 4) is 5.75 Å². The molecule has 0 bridgehead atoms. The highest BCUT2D eigenvalue weighted by Crippen LogP contribution is 2.28. The van der Waals surface area contributed by atoms with E-state index in [1.807, 2.05) is 19.1 Å². The summed E-state index contributed by atoms with van der Waals surface area (Å²) in [5.74, 6) is 0.917. The van der Waals surface area contributed by atoms with Crippen LogP contribution in [0, 0.1) is 18.8 Å². The predicted molar refractivity (Wildman–Crippen MR) is 114 cm³/mol. The van der Waals surface area contributed by atoms with Crippen LogP contribution >= 0.6 is 0 Å². The van der Waals surface area contributed by atoms with Gasteiger partial charge in [0, 0.05) is 18.7 Å². The third kappa shape index (κ3) is 4.79. The van der Waals surface area contributed by atoms with Crippen molar-refractivity contribution in [2.75, 3.05) is 25.5 Å². The van der Waals surface area contributed by atoms with E-state index in [1.54, 1.807) is 29.6 Å². The Morgan fingerprint density at radius 1 is 1.07 bits per heavy atom. The van der Waals surface area contributed by atoms with Crippen LogP contribution in [0.15, 0.2) is 47.4 Å². The number of methoxy groups -OCH3 is 1. The SMILES string of the molecule is COc1ccc(C)cc1NC(=O)c1ccc(S(=O)(=O)N2CC(C)CC(C)C2)cc1. The summed E-state index contributed by atoms with van der Waals surface area (Å²) in [5.41, 5.74) is 1.95. The van der Waals surface area contributed by atoms with E-state index in [0.717, 1.165) is 12.0 Å². The van der Waals surface area contributed by atoms with Gasteiger partial charge in [-0.1, -0.05) is 19.9 Å². The quantitative estimate of drug-likeness (QED) is 0.801. The molecule has 1 heterocycles. The number of amides is 1. The van der Waals surface area contributed by atoms with Gasteiger partial charge in [0.05, 0.1) is 17.7 Å². The molecule has 1 aliphatic heterocycles. The van der Waals surface area contributed by atoms with Gasteiger partial charge in [-0.15, -0.1) is 0 Å². The van der Waals surface area contributed by atoms with Gasteiger partial charge in [-0.3, -0.25) is 4.79 Å². The van der Waals surface area contributed by atoms with E-state index in [0.29, 0.717) is 41.9 Å². The molecule has 2 atom stereocenters. The number of carbonyl (C=O) groups is 1. The first kappa shape index (κ1) is 21.3. The minimum atomic E-state index is -3.56. The van der Waals surface area contributed by atoms with Crippen molar-refractivity contribution in [1.82, 2.24) is 4.31 Å². The zero-order valence-corrected chi connectivity index (χ0v) is 18.1. The third-order valence-electron chi connectivity index (χ3n) is 5.19. The standard InChI is InChI=1S/C22H28N2O4S/c1-15-5-10-21(28-4)20(12-15)23-22(25)18-6-8-19(9-7-18)29(26,27)24-13-16(2)11-17(3)14-24/h5-10,12,16-17H,11,13-14H2,1-4H3,(H,23,25). The number of carbonyl (C=O) groups excluding carboxylic acids is 1. The molecule has 6 nitrogen and oxygen atoms in total. The van der Waals surface area contributed by atoms with E-state index in [4.69, 9.17) is 4.74 Å². The largest absolute Gasteiger partial charge is 0.495 e. The number of anilines is 1. The van der Waals surface area contributed by atoms with Gasteiger partial charge in [-0.2, -0.15) is 4.31 Å². The Bertz CT molecular complexity index is 976. The number of hydrogen-bond donors (Lipinski definition) is 1. The van der Waals surface area contributed by atoms with Gasteiger partial charge in [0.2, 0.25) is 10.0 Å². The molecule has 1 N–H and O–H groups in total. The van der Waals surface area contributed by atoms with Crippen LogP contribution in [0.5, 0.6) is 5.75 Å². The lowest BCUT2D eigenvalue weighted by Gasteiger charge is -2.34. The summed E-state index contributed by atoms with van der Waals surface area (Å²) < 4.78 is 32.8. The van der Waals surface area contributed by atoms with Crippen molar-refractivity contribution >= 4 is 21.6 Å². The number of ether oxygens (including phenoxy) is 1. The molecule has 0 spiro atoms. The molecule has 3 rings (SSSR count). The van der Waals surface area contributed by atoms with Crippen molar-refractivity contribution in [2.45, 2.75) is 32.1 Å². The number of rotatable bonds is 5. The van der Waals surface area contributed by atoms with Crippen LogP contribution in [0.25, 0.3) is 0 Å². The zero-order valence-electron chi connectivity index (χ0n) is 17.3. The summed E-state index contributed by atoms with van der Waals surface area (Å²) in [6.07, 6.45) is 1.04. The van der Waals surface area contributed by atoms with E-state index < -0.39 is 10.0 Å². The van der Waals surface area contributed by atoms with Crippen LogP contribution in [0.2, 0.25) is 0 Å². The smallest absolute Gasteiger partial charge is 0.255 e. The monoisotopic (exact) mass is 416 g/mol. The molecule has 2 aromatic carbocycles. The van der Waals surface area contributed by atoms with Gasteiger partial charge in [-0.25, -0.2) is 8.42 Å². The second kappa shape index (κ2) is 8.55. The number of sulfonamides is 1. The van der Waals surface area contributed by atoms with Gasteiger partial charge < -0.3 is 10.1 Å². The molecule has 0 radical (unpaired) electrons. The van der Waals surface area contributed by atoms with Crippen LogP contribution in [-0.4, -0.2) is 38.8 Å². The molecule has 29 heavy (non-hydrogen) atoms. The van der Waals surface area contributed by atoms with Crippen molar-refractivity contribution < 1.29 is 17.9 Å². The fourth-order valence-corrected chi connectivity index (χ4v) is 5.52. The van der Waals surface area contributed by atoms with Crippen LogP contribution in [0.1, 0.15) is 36.2 Å². The van der Waals surface area contributed by atoms with Crippen LogP contribution in [0.3, 0.4) is 0 Å². The molecule has 2 aromatic rings. The Labute approximate surface area is 172 Å². The number of piperidine rings is 1. The summed E-state index contributed by atoms with van der Waals surface area (Å²) in [6.45, 7) is 7.14. The second-order valence-corrected chi connectivity index (χ2v) is 9.89. The molecule has 0 aliphatic carbocycles. The lowest BCUT2D eigenvalue weighted by Crippen LogP contribution is -2.42. The molecule has 1 amide bonds. The molecule has 0 aromatic heterocycles. The summed E-state index contributed by atoms with van der Waals surface area (Å²) in [5, 5.41) is 2.83. The molecule has 1 fully saturated rings. The highest BCUT2D eigenvalue weighted by molar-refractivity contribution is 7.89. The highest BCUT2D eigenvalue weighted by Gasteiger charge is 2.31. The van der Waals surface area contributed by atoms with Crippen LogP contribution < -0.4 is 10.1 Å². The summed E-state index contributed by atoms with van der Waals surface area (Å²) in [7, 11) is -2.02. The van der Waals surface area contributed by atoms with Crippen molar-refractivity contribution in [1.29, 1.82) is 0 Å².